The highest BCUT2D eigenvalue weighted by Crippen LogP contribution is 2.65. The molecule has 3 aliphatic carbocycles. The van der Waals surface area contributed by atoms with Crippen molar-refractivity contribution in [1.82, 2.24) is 0 Å². The standard InChI is InChI=1S/C27H50O2/c1-8-15-27(29,9-2)17-20-10-11-22-21(18(20)3)14-16-26(7)23(12-13-24(22)26)19(4)25(5,6)28/h18-24,28-29H,8-17H2,1-7H3/t18-,19+,20+,21-,22-,23-,24+,26-,27+/m1/s1. The van der Waals surface area contributed by atoms with Gasteiger partial charge in [0.1, 0.15) is 0 Å². The van der Waals surface area contributed by atoms with Crippen LogP contribution in [0.4, 0.5) is 0 Å². The molecule has 0 aliphatic heterocycles. The van der Waals surface area contributed by atoms with Crippen LogP contribution in [0.5, 0.6) is 0 Å². The second kappa shape index (κ2) is 8.45. The van der Waals surface area contributed by atoms with E-state index in [9.17, 15) is 10.2 Å². The van der Waals surface area contributed by atoms with Crippen LogP contribution in [0, 0.1) is 46.8 Å². The van der Waals surface area contributed by atoms with E-state index in [1.54, 1.807) is 0 Å². The van der Waals surface area contributed by atoms with E-state index in [-0.39, 0.29) is 0 Å². The normalized spacial score (nSPS) is 43.3. The van der Waals surface area contributed by atoms with Gasteiger partial charge >= 0.3 is 0 Å². The molecule has 2 heteroatoms. The van der Waals surface area contributed by atoms with Crippen molar-refractivity contribution < 1.29 is 10.2 Å². The highest BCUT2D eigenvalue weighted by Gasteiger charge is 2.58. The van der Waals surface area contributed by atoms with E-state index in [1.807, 2.05) is 13.8 Å². The maximum absolute atomic E-state index is 11.1. The molecule has 0 heterocycles. The Morgan fingerprint density at radius 2 is 1.69 bits per heavy atom. The zero-order chi connectivity index (χ0) is 21.6. The van der Waals surface area contributed by atoms with Crippen LogP contribution >= 0.6 is 0 Å². The first kappa shape index (κ1) is 23.6. The Kier molecular flexibility index (Phi) is 6.87. The first-order valence-electron chi connectivity index (χ1n) is 12.9. The average Bonchev–Trinajstić information content (AvgIpc) is 3.00. The van der Waals surface area contributed by atoms with Gasteiger partial charge in [-0.05, 0) is 118 Å². The van der Waals surface area contributed by atoms with Crippen molar-refractivity contribution in [2.24, 2.45) is 46.8 Å². The van der Waals surface area contributed by atoms with Crippen molar-refractivity contribution in [3.8, 4) is 0 Å². The first-order chi connectivity index (χ1) is 13.5. The number of fused-ring (bicyclic) bond motifs is 3. The molecule has 29 heavy (non-hydrogen) atoms. The molecule has 0 unspecified atom stereocenters. The monoisotopic (exact) mass is 406 g/mol. The topological polar surface area (TPSA) is 40.5 Å². The molecule has 0 aromatic carbocycles. The third-order valence-corrected chi connectivity index (χ3v) is 10.6. The lowest BCUT2D eigenvalue weighted by molar-refractivity contribution is -0.0921. The minimum atomic E-state index is -0.575. The van der Waals surface area contributed by atoms with Gasteiger partial charge in [0, 0.05) is 0 Å². The maximum atomic E-state index is 11.1. The smallest absolute Gasteiger partial charge is 0.0647 e. The third-order valence-electron chi connectivity index (χ3n) is 10.6. The van der Waals surface area contributed by atoms with E-state index in [0.29, 0.717) is 23.2 Å². The molecular formula is C27H50O2. The van der Waals surface area contributed by atoms with Crippen molar-refractivity contribution in [3.63, 3.8) is 0 Å². The molecule has 3 fully saturated rings. The van der Waals surface area contributed by atoms with Crippen molar-refractivity contribution in [3.05, 3.63) is 0 Å². The fourth-order valence-electron chi connectivity index (χ4n) is 8.42. The molecule has 3 aliphatic rings. The molecule has 170 valence electrons. The summed E-state index contributed by atoms with van der Waals surface area (Å²) in [5.74, 6) is 5.06. The zero-order valence-corrected chi connectivity index (χ0v) is 20.5. The van der Waals surface area contributed by atoms with Gasteiger partial charge in [-0.3, -0.25) is 0 Å². The molecule has 3 saturated carbocycles. The van der Waals surface area contributed by atoms with Gasteiger partial charge < -0.3 is 10.2 Å². The zero-order valence-electron chi connectivity index (χ0n) is 20.5. The van der Waals surface area contributed by atoms with Crippen LogP contribution in [-0.2, 0) is 0 Å². The van der Waals surface area contributed by atoms with Crippen molar-refractivity contribution in [1.29, 1.82) is 0 Å². The Labute approximate surface area is 181 Å². The predicted molar refractivity (Wildman–Crippen MR) is 123 cm³/mol. The van der Waals surface area contributed by atoms with E-state index < -0.39 is 11.2 Å². The summed E-state index contributed by atoms with van der Waals surface area (Å²) >= 11 is 0. The van der Waals surface area contributed by atoms with E-state index >= 15 is 0 Å². The van der Waals surface area contributed by atoms with Crippen LogP contribution in [0.2, 0.25) is 0 Å². The van der Waals surface area contributed by atoms with E-state index in [1.165, 1.54) is 38.5 Å². The Balaban J connectivity index is 1.72. The molecule has 0 bridgehead atoms. The molecule has 9 atom stereocenters. The second-order valence-corrected chi connectivity index (χ2v) is 12.3. The molecular weight excluding hydrogens is 356 g/mol. The van der Waals surface area contributed by atoms with E-state index in [4.69, 9.17) is 0 Å². The van der Waals surface area contributed by atoms with Gasteiger partial charge in [0.05, 0.1) is 11.2 Å². The predicted octanol–water partition coefficient (Wildman–Crippen LogP) is 6.83. The highest BCUT2D eigenvalue weighted by molar-refractivity contribution is 5.07. The second-order valence-electron chi connectivity index (χ2n) is 12.3. The number of rotatable bonds is 7. The van der Waals surface area contributed by atoms with Crippen molar-refractivity contribution >= 4 is 0 Å². The fraction of sp³-hybridized carbons (Fsp3) is 1.00. The Morgan fingerprint density at radius 1 is 1.00 bits per heavy atom. The van der Waals surface area contributed by atoms with Crippen molar-refractivity contribution in [2.45, 2.75) is 124 Å². The minimum absolute atomic E-state index is 0.372. The van der Waals surface area contributed by atoms with Gasteiger partial charge in [-0.2, -0.15) is 0 Å². The molecule has 2 nitrogen and oxygen atoms in total. The molecule has 0 saturated heterocycles. The van der Waals surface area contributed by atoms with Gasteiger partial charge in [-0.15, -0.1) is 0 Å². The fourth-order valence-corrected chi connectivity index (χ4v) is 8.42. The van der Waals surface area contributed by atoms with Gasteiger partial charge in [0.25, 0.3) is 0 Å². The van der Waals surface area contributed by atoms with Crippen LogP contribution in [0.1, 0.15) is 113 Å². The SMILES string of the molecule is CCC[C@@](O)(CC)C[C@@H]1CC[C@@H]2[C@H](CC[C@]3(C)[C@@H]([C@H](C)C(C)(C)O)CC[C@@H]23)[C@@H]1C. The first-order valence-corrected chi connectivity index (χ1v) is 12.9. The van der Waals surface area contributed by atoms with E-state index in [2.05, 4.69) is 34.6 Å². The Morgan fingerprint density at radius 3 is 2.28 bits per heavy atom. The summed E-state index contributed by atoms with van der Waals surface area (Å²) in [6.07, 6.45) is 12.0. The summed E-state index contributed by atoms with van der Waals surface area (Å²) in [7, 11) is 0. The summed E-state index contributed by atoms with van der Waals surface area (Å²) in [5, 5.41) is 21.8. The molecule has 0 radical (unpaired) electrons. The van der Waals surface area contributed by atoms with E-state index in [0.717, 1.165) is 49.4 Å². The summed E-state index contributed by atoms with van der Waals surface area (Å²) in [6, 6.07) is 0. The number of aliphatic hydroxyl groups is 2. The average molecular weight is 407 g/mol. The molecule has 0 amide bonds. The van der Waals surface area contributed by atoms with Crippen molar-refractivity contribution in [2.75, 3.05) is 0 Å². The Hall–Kier alpha value is -0.0800. The third kappa shape index (κ3) is 4.32. The lowest BCUT2D eigenvalue weighted by Gasteiger charge is -2.56. The molecule has 0 aromatic rings. The Bertz CT molecular complexity index is 551. The van der Waals surface area contributed by atoms with Gasteiger partial charge in [0.2, 0.25) is 0 Å². The largest absolute Gasteiger partial charge is 0.390 e. The quantitative estimate of drug-likeness (QED) is 0.486. The summed E-state index contributed by atoms with van der Waals surface area (Å²) < 4.78 is 0. The molecule has 0 aromatic heterocycles. The maximum Gasteiger partial charge on any atom is 0.0647 e. The van der Waals surface area contributed by atoms with Crippen LogP contribution in [0.25, 0.3) is 0 Å². The van der Waals surface area contributed by atoms with Crippen LogP contribution in [-0.4, -0.2) is 21.4 Å². The summed E-state index contributed by atoms with van der Waals surface area (Å²) in [5.41, 5.74) is -0.599. The van der Waals surface area contributed by atoms with Gasteiger partial charge in [-0.1, -0.05) is 41.0 Å². The number of hydrogen-bond acceptors (Lipinski definition) is 2. The summed E-state index contributed by atoms with van der Waals surface area (Å²) in [4.78, 5) is 0. The lowest BCUT2D eigenvalue weighted by Crippen LogP contribution is -2.50. The molecule has 3 rings (SSSR count). The minimum Gasteiger partial charge on any atom is -0.390 e. The van der Waals surface area contributed by atoms with Gasteiger partial charge in [-0.25, -0.2) is 0 Å². The van der Waals surface area contributed by atoms with Gasteiger partial charge in [0.15, 0.2) is 0 Å². The molecule has 2 N–H and O–H groups in total. The van der Waals surface area contributed by atoms with Crippen LogP contribution in [0.3, 0.4) is 0 Å². The number of hydrogen-bond donors (Lipinski definition) is 2. The lowest BCUT2D eigenvalue weighted by atomic mass is 9.50. The highest BCUT2D eigenvalue weighted by atomic mass is 16.3. The summed E-state index contributed by atoms with van der Waals surface area (Å²) in [6.45, 7) is 15.8. The van der Waals surface area contributed by atoms with Crippen LogP contribution in [0.15, 0.2) is 0 Å². The molecule has 0 spiro atoms. The van der Waals surface area contributed by atoms with Crippen LogP contribution < -0.4 is 0 Å².